The molecule has 0 aromatic carbocycles. The molecule has 3 heterocycles. The SMILES string of the molecule is NC(=O)c1cc(-c2csc(NC(=O)c3cc(Br)c[nH]3)n2)c[nH]1. The molecule has 3 aromatic heterocycles. The van der Waals surface area contributed by atoms with Crippen LogP contribution in [0.25, 0.3) is 11.3 Å². The number of nitrogens with two attached hydrogens (primary N) is 1. The molecule has 3 aromatic rings. The van der Waals surface area contributed by atoms with Crippen LogP contribution in [-0.2, 0) is 0 Å². The second-order valence-corrected chi connectivity index (χ2v) is 6.16. The largest absolute Gasteiger partial charge is 0.364 e. The van der Waals surface area contributed by atoms with E-state index in [0.717, 1.165) is 10.0 Å². The number of halogens is 1. The number of hydrogen-bond acceptors (Lipinski definition) is 4. The van der Waals surface area contributed by atoms with Gasteiger partial charge in [0.1, 0.15) is 11.4 Å². The summed E-state index contributed by atoms with van der Waals surface area (Å²) in [7, 11) is 0. The molecule has 0 atom stereocenters. The first-order valence-corrected chi connectivity index (χ1v) is 7.79. The second-order valence-electron chi connectivity index (χ2n) is 4.39. The van der Waals surface area contributed by atoms with E-state index >= 15 is 0 Å². The number of aromatic amines is 2. The number of nitrogens with zero attached hydrogens (tertiary/aromatic N) is 1. The summed E-state index contributed by atoms with van der Waals surface area (Å²) in [5, 5.41) is 4.96. The van der Waals surface area contributed by atoms with Crippen LogP contribution in [-0.4, -0.2) is 26.8 Å². The Bertz CT molecular complexity index is 850. The Morgan fingerprint density at radius 1 is 1.23 bits per heavy atom. The van der Waals surface area contributed by atoms with Crippen LogP contribution in [0.5, 0.6) is 0 Å². The maximum Gasteiger partial charge on any atom is 0.273 e. The third-order valence-corrected chi connectivity index (χ3v) is 4.08. The predicted octanol–water partition coefficient (Wildman–Crippen LogP) is 2.58. The summed E-state index contributed by atoms with van der Waals surface area (Å²) in [6.07, 6.45) is 3.32. The van der Waals surface area contributed by atoms with E-state index in [1.54, 1.807) is 29.9 Å². The average molecular weight is 380 g/mol. The van der Waals surface area contributed by atoms with Crippen LogP contribution in [0, 0.1) is 0 Å². The van der Waals surface area contributed by atoms with Gasteiger partial charge in [0.05, 0.1) is 5.69 Å². The summed E-state index contributed by atoms with van der Waals surface area (Å²) in [6, 6.07) is 3.29. The smallest absolute Gasteiger partial charge is 0.273 e. The number of primary amides is 1. The Kier molecular flexibility index (Phi) is 3.82. The number of thiazole rings is 1. The van der Waals surface area contributed by atoms with E-state index in [0.29, 0.717) is 22.2 Å². The van der Waals surface area contributed by atoms with E-state index in [1.807, 2.05) is 0 Å². The van der Waals surface area contributed by atoms with Gasteiger partial charge in [0.25, 0.3) is 11.8 Å². The van der Waals surface area contributed by atoms with E-state index in [1.165, 1.54) is 11.3 Å². The molecule has 7 nitrogen and oxygen atoms in total. The van der Waals surface area contributed by atoms with Gasteiger partial charge in [0.2, 0.25) is 0 Å². The van der Waals surface area contributed by atoms with Crippen molar-refractivity contribution in [1.82, 2.24) is 15.0 Å². The number of nitrogens with one attached hydrogen (secondary N) is 3. The van der Waals surface area contributed by atoms with Gasteiger partial charge >= 0.3 is 0 Å². The Balaban J connectivity index is 1.75. The molecule has 0 saturated carbocycles. The van der Waals surface area contributed by atoms with Crippen molar-refractivity contribution in [2.24, 2.45) is 5.73 Å². The van der Waals surface area contributed by atoms with E-state index in [4.69, 9.17) is 5.73 Å². The van der Waals surface area contributed by atoms with Crippen LogP contribution in [0.3, 0.4) is 0 Å². The first-order chi connectivity index (χ1) is 10.5. The Hall–Kier alpha value is -2.39. The predicted molar refractivity (Wildman–Crippen MR) is 86.9 cm³/mol. The molecule has 112 valence electrons. The highest BCUT2D eigenvalue weighted by atomic mass is 79.9. The molecule has 0 aliphatic heterocycles. The van der Waals surface area contributed by atoms with Crippen molar-refractivity contribution in [3.63, 3.8) is 0 Å². The molecular formula is C13H10BrN5O2S. The van der Waals surface area contributed by atoms with Crippen molar-refractivity contribution in [1.29, 1.82) is 0 Å². The Labute approximate surface area is 137 Å². The first kappa shape index (κ1) is 14.5. The molecule has 22 heavy (non-hydrogen) atoms. The molecule has 5 N–H and O–H groups in total. The minimum atomic E-state index is -0.535. The second kappa shape index (κ2) is 5.78. The van der Waals surface area contributed by atoms with Gasteiger partial charge < -0.3 is 15.7 Å². The highest BCUT2D eigenvalue weighted by Crippen LogP contribution is 2.25. The number of H-pyrrole nitrogens is 2. The highest BCUT2D eigenvalue weighted by Gasteiger charge is 2.13. The molecule has 0 aliphatic rings. The molecule has 9 heteroatoms. The lowest BCUT2D eigenvalue weighted by Gasteiger charge is -1.98. The number of carbonyl (C=O) groups excluding carboxylic acids is 2. The lowest BCUT2D eigenvalue weighted by Crippen LogP contribution is -2.11. The zero-order valence-corrected chi connectivity index (χ0v) is 13.4. The molecule has 2 amide bonds. The number of amides is 2. The molecule has 0 spiro atoms. The van der Waals surface area contributed by atoms with Crippen molar-refractivity contribution >= 4 is 44.2 Å². The van der Waals surface area contributed by atoms with Crippen LogP contribution < -0.4 is 11.1 Å². The summed E-state index contributed by atoms with van der Waals surface area (Å²) in [5.41, 5.74) is 7.31. The monoisotopic (exact) mass is 379 g/mol. The lowest BCUT2D eigenvalue weighted by atomic mass is 10.2. The number of aromatic nitrogens is 3. The van der Waals surface area contributed by atoms with Gasteiger partial charge in [-0.2, -0.15) is 0 Å². The van der Waals surface area contributed by atoms with Crippen LogP contribution in [0.4, 0.5) is 5.13 Å². The lowest BCUT2D eigenvalue weighted by molar-refractivity contribution is 0.0993. The van der Waals surface area contributed by atoms with Gasteiger partial charge in [0, 0.05) is 27.8 Å². The first-order valence-electron chi connectivity index (χ1n) is 6.12. The summed E-state index contributed by atoms with van der Waals surface area (Å²) >= 11 is 4.56. The fourth-order valence-electron chi connectivity index (χ4n) is 1.81. The van der Waals surface area contributed by atoms with Gasteiger partial charge in [-0.3, -0.25) is 14.9 Å². The molecule has 0 unspecified atom stereocenters. The van der Waals surface area contributed by atoms with Crippen molar-refractivity contribution in [2.75, 3.05) is 5.32 Å². The molecular weight excluding hydrogens is 370 g/mol. The zero-order chi connectivity index (χ0) is 15.7. The van der Waals surface area contributed by atoms with Crippen molar-refractivity contribution in [2.45, 2.75) is 0 Å². The van der Waals surface area contributed by atoms with Crippen molar-refractivity contribution < 1.29 is 9.59 Å². The normalized spacial score (nSPS) is 10.6. The molecule has 0 radical (unpaired) electrons. The fourth-order valence-corrected chi connectivity index (χ4v) is 2.87. The van der Waals surface area contributed by atoms with Crippen LogP contribution in [0.2, 0.25) is 0 Å². The van der Waals surface area contributed by atoms with Crippen LogP contribution in [0.1, 0.15) is 21.0 Å². The van der Waals surface area contributed by atoms with Gasteiger partial charge in [-0.15, -0.1) is 11.3 Å². The number of hydrogen-bond donors (Lipinski definition) is 4. The Morgan fingerprint density at radius 3 is 2.64 bits per heavy atom. The Morgan fingerprint density at radius 2 is 2.00 bits per heavy atom. The van der Waals surface area contributed by atoms with Crippen LogP contribution >= 0.6 is 27.3 Å². The quantitative estimate of drug-likeness (QED) is 0.557. The molecule has 0 saturated heterocycles. The molecule has 0 bridgehead atoms. The maximum atomic E-state index is 12.0. The van der Waals surface area contributed by atoms with E-state index in [-0.39, 0.29) is 5.91 Å². The fraction of sp³-hybridized carbons (Fsp3) is 0. The van der Waals surface area contributed by atoms with Gasteiger partial charge in [-0.05, 0) is 28.1 Å². The number of rotatable bonds is 4. The standard InChI is InChI=1S/C13H10BrN5O2S/c14-7-2-9(17-4-7)12(21)19-13-18-10(5-22-13)6-1-8(11(15)20)16-3-6/h1-5,16-17H,(H2,15,20)(H,18,19,21). The number of anilines is 1. The average Bonchev–Trinajstić information content (AvgIpc) is 3.16. The zero-order valence-electron chi connectivity index (χ0n) is 11.0. The number of carbonyl (C=O) groups is 2. The van der Waals surface area contributed by atoms with Crippen molar-refractivity contribution in [3.8, 4) is 11.3 Å². The summed E-state index contributed by atoms with van der Waals surface area (Å²) < 4.78 is 0.795. The topological polar surface area (TPSA) is 117 Å². The minimum absolute atomic E-state index is 0.279. The van der Waals surface area contributed by atoms with Gasteiger partial charge in [-0.25, -0.2) is 4.98 Å². The van der Waals surface area contributed by atoms with E-state index in [9.17, 15) is 9.59 Å². The van der Waals surface area contributed by atoms with E-state index in [2.05, 4.69) is 36.2 Å². The van der Waals surface area contributed by atoms with Gasteiger partial charge in [-0.1, -0.05) is 0 Å². The van der Waals surface area contributed by atoms with E-state index < -0.39 is 5.91 Å². The third kappa shape index (κ3) is 2.95. The van der Waals surface area contributed by atoms with Crippen LogP contribution in [0.15, 0.2) is 34.4 Å². The summed E-state index contributed by atoms with van der Waals surface area (Å²) in [5.74, 6) is -0.814. The summed E-state index contributed by atoms with van der Waals surface area (Å²) in [4.78, 5) is 33.0. The minimum Gasteiger partial charge on any atom is -0.364 e. The van der Waals surface area contributed by atoms with Gasteiger partial charge in [0.15, 0.2) is 5.13 Å². The molecule has 0 fully saturated rings. The summed E-state index contributed by atoms with van der Waals surface area (Å²) in [6.45, 7) is 0. The molecule has 3 rings (SSSR count). The molecule has 0 aliphatic carbocycles. The highest BCUT2D eigenvalue weighted by molar-refractivity contribution is 9.10. The van der Waals surface area contributed by atoms with Crippen molar-refractivity contribution in [3.05, 3.63) is 45.8 Å². The maximum absolute atomic E-state index is 12.0. The third-order valence-electron chi connectivity index (χ3n) is 2.86.